The highest BCUT2D eigenvalue weighted by molar-refractivity contribution is 6.33. The SMILES string of the molecule is CCCc1ccc(-c2[nH]nc(NC(C)=O)c2C#N)c(Cl)c1. The van der Waals surface area contributed by atoms with Gasteiger partial charge in [0.1, 0.15) is 11.6 Å². The lowest BCUT2D eigenvalue weighted by Crippen LogP contribution is -2.07. The van der Waals surface area contributed by atoms with Crippen molar-refractivity contribution in [3.63, 3.8) is 0 Å². The van der Waals surface area contributed by atoms with Crippen molar-refractivity contribution in [2.75, 3.05) is 5.32 Å². The standard InChI is InChI=1S/C15H15ClN4O/c1-3-4-10-5-6-11(13(16)7-10)14-12(8-17)15(20-19-14)18-9(2)21/h5-7H,3-4H2,1-2H3,(H2,18,19,20,21). The molecule has 0 aliphatic carbocycles. The Kier molecular flexibility index (Phi) is 4.61. The molecule has 1 amide bonds. The van der Waals surface area contributed by atoms with Crippen LogP contribution in [0.2, 0.25) is 5.02 Å². The van der Waals surface area contributed by atoms with Gasteiger partial charge >= 0.3 is 0 Å². The summed E-state index contributed by atoms with van der Waals surface area (Å²) >= 11 is 6.30. The first-order chi connectivity index (χ1) is 10.1. The van der Waals surface area contributed by atoms with Crippen LogP contribution in [0, 0.1) is 11.3 Å². The number of nitriles is 1. The van der Waals surface area contributed by atoms with Gasteiger partial charge in [-0.2, -0.15) is 10.4 Å². The molecule has 6 heteroatoms. The van der Waals surface area contributed by atoms with Gasteiger partial charge in [-0.15, -0.1) is 0 Å². The van der Waals surface area contributed by atoms with Crippen molar-refractivity contribution < 1.29 is 4.79 Å². The van der Waals surface area contributed by atoms with Crippen LogP contribution in [-0.2, 0) is 11.2 Å². The van der Waals surface area contributed by atoms with Gasteiger partial charge in [-0.1, -0.05) is 37.1 Å². The second-order valence-electron chi connectivity index (χ2n) is 4.68. The number of rotatable bonds is 4. The number of hydrogen-bond acceptors (Lipinski definition) is 3. The molecule has 1 heterocycles. The fourth-order valence-electron chi connectivity index (χ4n) is 2.11. The smallest absolute Gasteiger partial charge is 0.222 e. The Morgan fingerprint density at radius 3 is 2.86 bits per heavy atom. The highest BCUT2D eigenvalue weighted by atomic mass is 35.5. The molecule has 0 bridgehead atoms. The Hall–Kier alpha value is -2.32. The molecule has 0 saturated heterocycles. The molecule has 2 rings (SSSR count). The largest absolute Gasteiger partial charge is 0.308 e. The predicted octanol–water partition coefficient (Wildman–Crippen LogP) is 3.51. The zero-order valence-corrected chi connectivity index (χ0v) is 12.6. The lowest BCUT2D eigenvalue weighted by Gasteiger charge is -2.05. The lowest BCUT2D eigenvalue weighted by atomic mass is 10.0. The molecule has 108 valence electrons. The Bertz CT molecular complexity index is 715. The van der Waals surface area contributed by atoms with E-state index in [2.05, 4.69) is 22.4 Å². The third-order valence-corrected chi connectivity index (χ3v) is 3.33. The Morgan fingerprint density at radius 2 is 2.29 bits per heavy atom. The molecule has 5 nitrogen and oxygen atoms in total. The van der Waals surface area contributed by atoms with Crippen LogP contribution >= 0.6 is 11.6 Å². The maximum atomic E-state index is 11.1. The molecular weight excluding hydrogens is 288 g/mol. The van der Waals surface area contributed by atoms with Crippen LogP contribution in [0.15, 0.2) is 18.2 Å². The van der Waals surface area contributed by atoms with Gasteiger partial charge in [-0.3, -0.25) is 9.89 Å². The molecule has 0 fully saturated rings. The summed E-state index contributed by atoms with van der Waals surface area (Å²) in [4.78, 5) is 11.1. The van der Waals surface area contributed by atoms with Crippen molar-refractivity contribution in [3.05, 3.63) is 34.3 Å². The highest BCUT2D eigenvalue weighted by Crippen LogP contribution is 2.32. The first-order valence-electron chi connectivity index (χ1n) is 6.61. The number of nitrogens with zero attached hydrogens (tertiary/aromatic N) is 2. The number of amides is 1. The Labute approximate surface area is 127 Å². The number of hydrogen-bond donors (Lipinski definition) is 2. The fraction of sp³-hybridized carbons (Fsp3) is 0.267. The van der Waals surface area contributed by atoms with Gasteiger partial charge in [0.2, 0.25) is 5.91 Å². The molecule has 1 aromatic carbocycles. The van der Waals surface area contributed by atoms with Gasteiger partial charge in [0.05, 0.1) is 10.7 Å². The summed E-state index contributed by atoms with van der Waals surface area (Å²) in [7, 11) is 0. The molecule has 21 heavy (non-hydrogen) atoms. The summed E-state index contributed by atoms with van der Waals surface area (Å²) in [6, 6.07) is 7.77. The minimum atomic E-state index is -0.283. The van der Waals surface area contributed by atoms with Crippen LogP contribution in [0.1, 0.15) is 31.4 Å². The number of nitrogens with one attached hydrogen (secondary N) is 2. The number of H-pyrrole nitrogens is 1. The van der Waals surface area contributed by atoms with E-state index in [0.717, 1.165) is 18.4 Å². The predicted molar refractivity (Wildman–Crippen MR) is 82.0 cm³/mol. The van der Waals surface area contributed by atoms with Gasteiger partial charge < -0.3 is 5.32 Å². The summed E-state index contributed by atoms with van der Waals surface area (Å²) in [6.45, 7) is 3.46. The number of anilines is 1. The molecule has 0 saturated carbocycles. The number of carbonyl (C=O) groups is 1. The summed E-state index contributed by atoms with van der Waals surface area (Å²) in [5.41, 5.74) is 2.62. The summed E-state index contributed by atoms with van der Waals surface area (Å²) < 4.78 is 0. The van der Waals surface area contributed by atoms with E-state index in [0.29, 0.717) is 16.3 Å². The van der Waals surface area contributed by atoms with Crippen LogP contribution in [0.3, 0.4) is 0 Å². The number of carbonyl (C=O) groups excluding carboxylic acids is 1. The van der Waals surface area contributed by atoms with E-state index in [1.807, 2.05) is 24.3 Å². The zero-order chi connectivity index (χ0) is 15.4. The van der Waals surface area contributed by atoms with Crippen LogP contribution in [-0.4, -0.2) is 16.1 Å². The van der Waals surface area contributed by atoms with Gasteiger partial charge in [-0.05, 0) is 18.1 Å². The van der Waals surface area contributed by atoms with E-state index in [9.17, 15) is 10.1 Å². The first kappa shape index (κ1) is 15.1. The van der Waals surface area contributed by atoms with E-state index in [4.69, 9.17) is 11.6 Å². The van der Waals surface area contributed by atoms with Gasteiger partial charge in [-0.25, -0.2) is 0 Å². The number of aryl methyl sites for hydroxylation is 1. The van der Waals surface area contributed by atoms with Crippen molar-refractivity contribution in [1.29, 1.82) is 5.26 Å². The fourth-order valence-corrected chi connectivity index (χ4v) is 2.41. The maximum Gasteiger partial charge on any atom is 0.222 e. The number of aromatic nitrogens is 2. The summed E-state index contributed by atoms with van der Waals surface area (Å²) in [5, 5.41) is 19.1. The van der Waals surface area contributed by atoms with Crippen molar-refractivity contribution in [2.45, 2.75) is 26.7 Å². The van der Waals surface area contributed by atoms with E-state index in [-0.39, 0.29) is 17.3 Å². The molecule has 0 spiro atoms. The molecule has 2 N–H and O–H groups in total. The number of benzene rings is 1. The second-order valence-corrected chi connectivity index (χ2v) is 5.09. The molecule has 0 aliphatic rings. The summed E-state index contributed by atoms with van der Waals surface area (Å²) in [5.74, 6) is -0.0670. The second kappa shape index (κ2) is 6.42. The molecule has 0 atom stereocenters. The molecular formula is C15H15ClN4O. The molecule has 1 aromatic heterocycles. The maximum absolute atomic E-state index is 11.1. The Morgan fingerprint density at radius 1 is 1.52 bits per heavy atom. The van der Waals surface area contributed by atoms with E-state index < -0.39 is 0 Å². The lowest BCUT2D eigenvalue weighted by molar-refractivity contribution is -0.114. The van der Waals surface area contributed by atoms with Crippen LogP contribution in [0.5, 0.6) is 0 Å². The summed E-state index contributed by atoms with van der Waals surface area (Å²) in [6.07, 6.45) is 1.99. The van der Waals surface area contributed by atoms with E-state index >= 15 is 0 Å². The van der Waals surface area contributed by atoms with Gasteiger partial charge in [0.15, 0.2) is 5.82 Å². The topological polar surface area (TPSA) is 81.6 Å². The minimum Gasteiger partial charge on any atom is -0.308 e. The molecule has 0 radical (unpaired) electrons. The monoisotopic (exact) mass is 302 g/mol. The van der Waals surface area contributed by atoms with Gasteiger partial charge in [0.25, 0.3) is 0 Å². The molecule has 0 unspecified atom stereocenters. The van der Waals surface area contributed by atoms with Crippen molar-refractivity contribution >= 4 is 23.3 Å². The quantitative estimate of drug-likeness (QED) is 0.906. The normalized spacial score (nSPS) is 10.2. The third kappa shape index (κ3) is 3.23. The first-order valence-corrected chi connectivity index (χ1v) is 6.99. The zero-order valence-electron chi connectivity index (χ0n) is 11.8. The van der Waals surface area contributed by atoms with Crippen molar-refractivity contribution in [2.24, 2.45) is 0 Å². The average Bonchev–Trinajstić information content (AvgIpc) is 2.81. The van der Waals surface area contributed by atoms with E-state index in [1.54, 1.807) is 0 Å². The average molecular weight is 303 g/mol. The molecule has 0 aliphatic heterocycles. The minimum absolute atomic E-state index is 0.216. The van der Waals surface area contributed by atoms with Crippen molar-refractivity contribution in [1.82, 2.24) is 10.2 Å². The molecule has 2 aromatic rings. The highest BCUT2D eigenvalue weighted by Gasteiger charge is 2.17. The van der Waals surface area contributed by atoms with Crippen LogP contribution in [0.4, 0.5) is 5.82 Å². The van der Waals surface area contributed by atoms with Crippen molar-refractivity contribution in [3.8, 4) is 17.3 Å². The van der Waals surface area contributed by atoms with Crippen LogP contribution in [0.25, 0.3) is 11.3 Å². The van der Waals surface area contributed by atoms with Gasteiger partial charge in [0, 0.05) is 12.5 Å². The number of halogens is 1. The third-order valence-electron chi connectivity index (χ3n) is 3.01. The Balaban J connectivity index is 2.45. The van der Waals surface area contributed by atoms with Crippen LogP contribution < -0.4 is 5.32 Å². The number of aromatic amines is 1. The van der Waals surface area contributed by atoms with E-state index in [1.165, 1.54) is 6.92 Å².